The van der Waals surface area contributed by atoms with Gasteiger partial charge < -0.3 is 10.4 Å². The van der Waals surface area contributed by atoms with E-state index >= 15 is 0 Å². The molecule has 0 aliphatic carbocycles. The van der Waals surface area contributed by atoms with Crippen molar-refractivity contribution in [3.8, 4) is 0 Å². The minimum atomic E-state index is -3.30. The molecule has 0 unspecified atom stereocenters. The number of nitrogens with one attached hydrogen (secondary N) is 1. The van der Waals surface area contributed by atoms with E-state index in [0.717, 1.165) is 18.2 Å². The standard InChI is InChI=1S/C14H19N3O7S/c1-3-25(23,24)16(2)6-4-5-15-13(18)10-7-11(14(19)20)9-12(8-10)17(21)22/h7-9H,3-6H2,1-2H3,(H,15,18)(H,19,20). The third-order valence-corrected chi connectivity index (χ3v) is 5.27. The minimum Gasteiger partial charge on any atom is -0.478 e. The molecule has 0 heterocycles. The van der Waals surface area contributed by atoms with Gasteiger partial charge in [-0.2, -0.15) is 0 Å². The van der Waals surface area contributed by atoms with E-state index in [-0.39, 0.29) is 30.0 Å². The van der Waals surface area contributed by atoms with Crippen LogP contribution in [0.25, 0.3) is 0 Å². The Morgan fingerprint density at radius 1 is 1.28 bits per heavy atom. The Morgan fingerprint density at radius 2 is 1.88 bits per heavy atom. The maximum Gasteiger partial charge on any atom is 0.335 e. The van der Waals surface area contributed by atoms with Gasteiger partial charge in [0.2, 0.25) is 10.0 Å². The first-order valence-electron chi connectivity index (χ1n) is 7.33. The zero-order valence-corrected chi connectivity index (χ0v) is 14.6. The smallest absolute Gasteiger partial charge is 0.335 e. The first-order chi connectivity index (χ1) is 11.6. The van der Waals surface area contributed by atoms with Crippen LogP contribution in [-0.2, 0) is 10.0 Å². The van der Waals surface area contributed by atoms with Crippen molar-refractivity contribution in [2.45, 2.75) is 13.3 Å². The Kier molecular flexibility index (Phi) is 7.00. The fourth-order valence-corrected chi connectivity index (χ4v) is 2.78. The predicted octanol–water partition coefficient (Wildman–Crippen LogP) is 0.694. The number of aromatic carboxylic acids is 1. The number of non-ortho nitro benzene ring substituents is 1. The highest BCUT2D eigenvalue weighted by Gasteiger charge is 2.18. The number of nitrogens with zero attached hydrogens (tertiary/aromatic N) is 2. The quantitative estimate of drug-likeness (QED) is 0.368. The number of carboxylic acid groups (broad SMARTS) is 1. The SMILES string of the molecule is CCS(=O)(=O)N(C)CCCNC(=O)c1cc(C(=O)O)cc([N+](=O)[O-])c1. The molecule has 1 rings (SSSR count). The minimum absolute atomic E-state index is 0.0263. The highest BCUT2D eigenvalue weighted by Crippen LogP contribution is 2.17. The molecule has 10 nitrogen and oxygen atoms in total. The molecule has 11 heteroatoms. The van der Waals surface area contributed by atoms with Crippen molar-refractivity contribution < 1.29 is 28.0 Å². The molecule has 2 N–H and O–H groups in total. The molecule has 138 valence electrons. The highest BCUT2D eigenvalue weighted by atomic mass is 32.2. The Balaban J connectivity index is 2.72. The zero-order chi connectivity index (χ0) is 19.2. The van der Waals surface area contributed by atoms with Gasteiger partial charge in [0.05, 0.1) is 16.2 Å². The lowest BCUT2D eigenvalue weighted by atomic mass is 10.1. The van der Waals surface area contributed by atoms with Gasteiger partial charge in [0.1, 0.15) is 0 Å². The lowest BCUT2D eigenvalue weighted by Crippen LogP contribution is -2.32. The van der Waals surface area contributed by atoms with Crippen LogP contribution in [0, 0.1) is 10.1 Å². The number of rotatable bonds is 9. The van der Waals surface area contributed by atoms with Crippen LogP contribution in [0.3, 0.4) is 0 Å². The molecule has 0 aliphatic rings. The van der Waals surface area contributed by atoms with Crippen molar-refractivity contribution in [2.75, 3.05) is 25.9 Å². The van der Waals surface area contributed by atoms with E-state index < -0.39 is 32.5 Å². The van der Waals surface area contributed by atoms with Gasteiger partial charge in [-0.25, -0.2) is 17.5 Å². The molecule has 0 atom stereocenters. The summed E-state index contributed by atoms with van der Waals surface area (Å²) in [6.07, 6.45) is 0.336. The average Bonchev–Trinajstić information content (AvgIpc) is 2.57. The molecule has 1 amide bonds. The van der Waals surface area contributed by atoms with E-state index in [1.165, 1.54) is 18.3 Å². The molecule has 0 bridgehead atoms. The van der Waals surface area contributed by atoms with Gasteiger partial charge in [-0.05, 0) is 19.4 Å². The molecule has 1 aromatic carbocycles. The second-order valence-electron chi connectivity index (χ2n) is 5.16. The first kappa shape index (κ1) is 20.5. The number of sulfonamides is 1. The van der Waals surface area contributed by atoms with Crippen LogP contribution >= 0.6 is 0 Å². The van der Waals surface area contributed by atoms with Crippen LogP contribution in [0.2, 0.25) is 0 Å². The van der Waals surface area contributed by atoms with Gasteiger partial charge in [0, 0.05) is 37.8 Å². The fourth-order valence-electron chi connectivity index (χ4n) is 1.94. The fraction of sp³-hybridized carbons (Fsp3) is 0.429. The number of hydrogen-bond donors (Lipinski definition) is 2. The molecular formula is C14H19N3O7S. The molecule has 1 aromatic rings. The average molecular weight is 373 g/mol. The molecule has 0 radical (unpaired) electrons. The lowest BCUT2D eigenvalue weighted by molar-refractivity contribution is -0.384. The Bertz CT molecular complexity index is 744. The van der Waals surface area contributed by atoms with Crippen molar-refractivity contribution in [3.63, 3.8) is 0 Å². The van der Waals surface area contributed by atoms with Crippen LogP contribution in [0.5, 0.6) is 0 Å². The Hall–Kier alpha value is -2.53. The molecule has 0 spiro atoms. The number of carboxylic acids is 1. The highest BCUT2D eigenvalue weighted by molar-refractivity contribution is 7.89. The van der Waals surface area contributed by atoms with Crippen molar-refractivity contribution in [1.82, 2.24) is 9.62 Å². The van der Waals surface area contributed by atoms with Crippen molar-refractivity contribution in [1.29, 1.82) is 0 Å². The molecule has 0 saturated carbocycles. The number of hydrogen-bond acceptors (Lipinski definition) is 6. The summed E-state index contributed by atoms with van der Waals surface area (Å²) in [6, 6.07) is 2.89. The van der Waals surface area contributed by atoms with Gasteiger partial charge in [-0.1, -0.05) is 0 Å². The number of carbonyl (C=O) groups is 2. The number of benzene rings is 1. The summed E-state index contributed by atoms with van der Waals surface area (Å²) < 4.78 is 24.3. The summed E-state index contributed by atoms with van der Waals surface area (Å²) >= 11 is 0. The van der Waals surface area contributed by atoms with E-state index in [9.17, 15) is 28.1 Å². The lowest BCUT2D eigenvalue weighted by Gasteiger charge is -2.15. The van der Waals surface area contributed by atoms with Crippen molar-refractivity contribution in [2.24, 2.45) is 0 Å². The molecule has 0 saturated heterocycles. The number of nitro benzene ring substituents is 1. The summed E-state index contributed by atoms with van der Waals surface area (Å²) in [6.45, 7) is 1.86. The summed E-state index contributed by atoms with van der Waals surface area (Å²) in [7, 11) is -1.87. The van der Waals surface area contributed by atoms with Crippen molar-refractivity contribution >= 4 is 27.6 Å². The summed E-state index contributed by atoms with van der Waals surface area (Å²) in [4.78, 5) is 33.1. The number of nitro groups is 1. The van der Waals surface area contributed by atoms with Gasteiger partial charge in [-0.3, -0.25) is 14.9 Å². The van der Waals surface area contributed by atoms with Gasteiger partial charge in [-0.15, -0.1) is 0 Å². The summed E-state index contributed by atoms with van der Waals surface area (Å²) in [5.74, 6) is -2.09. The maximum absolute atomic E-state index is 12.0. The zero-order valence-electron chi connectivity index (χ0n) is 13.8. The Labute approximate surface area is 144 Å². The monoisotopic (exact) mass is 373 g/mol. The molecule has 0 aliphatic heterocycles. The van der Waals surface area contributed by atoms with E-state index in [1.54, 1.807) is 0 Å². The van der Waals surface area contributed by atoms with E-state index in [4.69, 9.17) is 5.11 Å². The van der Waals surface area contributed by atoms with Gasteiger partial charge in [0.15, 0.2) is 0 Å². The van der Waals surface area contributed by atoms with E-state index in [2.05, 4.69) is 5.32 Å². The summed E-state index contributed by atoms with van der Waals surface area (Å²) in [5, 5.41) is 22.3. The largest absolute Gasteiger partial charge is 0.478 e. The second kappa shape index (κ2) is 8.53. The van der Waals surface area contributed by atoms with Crippen LogP contribution in [0.4, 0.5) is 5.69 Å². The predicted molar refractivity (Wildman–Crippen MR) is 89.1 cm³/mol. The summed E-state index contributed by atoms with van der Waals surface area (Å²) in [5.41, 5.74) is -1.02. The Morgan fingerprint density at radius 3 is 2.40 bits per heavy atom. The molecular weight excluding hydrogens is 354 g/mol. The van der Waals surface area contributed by atoms with Crippen molar-refractivity contribution in [3.05, 3.63) is 39.4 Å². The molecule has 25 heavy (non-hydrogen) atoms. The van der Waals surface area contributed by atoms with Crippen LogP contribution in [-0.4, -0.2) is 60.5 Å². The molecule has 0 fully saturated rings. The van der Waals surface area contributed by atoms with Crippen LogP contribution in [0.1, 0.15) is 34.1 Å². The normalized spacial score (nSPS) is 11.3. The van der Waals surface area contributed by atoms with E-state index in [1.807, 2.05) is 0 Å². The maximum atomic E-state index is 12.0. The number of carbonyl (C=O) groups excluding carboxylic acids is 1. The third-order valence-electron chi connectivity index (χ3n) is 3.41. The van der Waals surface area contributed by atoms with Crippen LogP contribution < -0.4 is 5.32 Å². The topological polar surface area (TPSA) is 147 Å². The third kappa shape index (κ3) is 5.80. The second-order valence-corrected chi connectivity index (χ2v) is 7.53. The molecule has 0 aromatic heterocycles. The van der Waals surface area contributed by atoms with E-state index in [0.29, 0.717) is 6.42 Å². The first-order valence-corrected chi connectivity index (χ1v) is 8.94. The van der Waals surface area contributed by atoms with Gasteiger partial charge >= 0.3 is 5.97 Å². The van der Waals surface area contributed by atoms with Gasteiger partial charge in [0.25, 0.3) is 11.6 Å². The van der Waals surface area contributed by atoms with Crippen LogP contribution in [0.15, 0.2) is 18.2 Å². The number of amides is 1.